The normalized spacial score (nSPS) is 20.8. The average Bonchev–Trinajstić information content (AvgIpc) is 1.83. The summed E-state index contributed by atoms with van der Waals surface area (Å²) in [5.41, 5.74) is 17.3. The van der Waals surface area contributed by atoms with E-state index in [-0.39, 0.29) is 143 Å². The van der Waals surface area contributed by atoms with Crippen LogP contribution in [0.5, 0.6) is 11.5 Å². The minimum Gasteiger partial charge on any atom is -0.508 e. The van der Waals surface area contributed by atoms with Crippen LogP contribution in [0.25, 0.3) is 0 Å². The maximum Gasteiger partial charge on any atom is 0.314 e. The van der Waals surface area contributed by atoms with Crippen molar-refractivity contribution in [3.8, 4) is 11.5 Å². The molecule has 0 saturated carbocycles. The first kappa shape index (κ1) is 67.6. The molecule has 0 spiro atoms. The third-order valence-electron chi connectivity index (χ3n) is 15.6. The van der Waals surface area contributed by atoms with Crippen molar-refractivity contribution >= 4 is 78.5 Å². The second-order valence-corrected chi connectivity index (χ2v) is 27.0. The zero-order valence-electron chi connectivity index (χ0n) is 48.0. The van der Waals surface area contributed by atoms with Crippen molar-refractivity contribution in [1.29, 1.82) is 0 Å². The Bertz CT molecular complexity index is 3120. The first-order valence-electron chi connectivity index (χ1n) is 29.2. The summed E-state index contributed by atoms with van der Waals surface area (Å²) >= 11 is 25.9. The molecule has 8 rings (SSSR count). The molecule has 2 aliphatic carbocycles. The molecule has 0 radical (unpaired) electrons. The zero-order chi connectivity index (χ0) is 61.2. The molecule has 4 aromatic carbocycles. The summed E-state index contributed by atoms with van der Waals surface area (Å²) in [6, 6.07) is 17.1. The van der Waals surface area contributed by atoms with Crippen LogP contribution in [0, 0.1) is 0 Å². The molecule has 4 aromatic rings. The van der Waals surface area contributed by atoms with Crippen molar-refractivity contribution in [2.45, 2.75) is 104 Å². The standard InChI is InChI=1S/C58H80Cl4N10O12S2/c59-39-28-38-29-43(33-47(38)51(61)31-39)72-37-42(64)5-11-53(72)50-34-46(10-12-55(50)73)86(78,79)70-18-23-83-27-25-81-21-16-68-58(75)66-14-2-1-13-65-57(74)67-15-20-80-24-26-82-22-17-69-85(76,77)45-8-6-44(7-9-45)84-56-49-30-40(60)32-52(62)48(49)35-54(56)71-19-3-4-41(63)36-71/h6-10,12,28,30-32,34,41-43,53-54,56,69-70,73H,1-5,11,13-27,29,33,35-37,63-64H2,(H2,65,67,74)(H2,66,68,75)/t41-,42-,43-,53?,54+,56+/m1/s1. The summed E-state index contributed by atoms with van der Waals surface area (Å²) in [6.45, 7) is 5.33. The second kappa shape index (κ2) is 33.0. The van der Waals surface area contributed by atoms with Crippen LogP contribution in [0.1, 0.15) is 78.5 Å². The van der Waals surface area contributed by atoms with E-state index in [1.165, 1.54) is 24.3 Å². The van der Waals surface area contributed by atoms with Gasteiger partial charge in [0.25, 0.3) is 0 Å². The van der Waals surface area contributed by atoms with E-state index >= 15 is 0 Å². The zero-order valence-corrected chi connectivity index (χ0v) is 52.7. The van der Waals surface area contributed by atoms with Crippen LogP contribution in [0.4, 0.5) is 9.59 Å². The Balaban J connectivity index is 0.589. The highest BCUT2D eigenvalue weighted by Gasteiger charge is 2.41. The Morgan fingerprint density at radius 1 is 0.581 bits per heavy atom. The van der Waals surface area contributed by atoms with E-state index in [9.17, 15) is 31.5 Å². The van der Waals surface area contributed by atoms with Gasteiger partial charge in [0.15, 0.2) is 0 Å². The van der Waals surface area contributed by atoms with Gasteiger partial charge >= 0.3 is 12.1 Å². The number of unbranched alkanes of at least 4 members (excludes halogenated alkanes) is 1. The molecule has 1 unspecified atom stereocenters. The van der Waals surface area contributed by atoms with Crippen molar-refractivity contribution in [1.82, 2.24) is 40.5 Å². The van der Waals surface area contributed by atoms with Gasteiger partial charge in [-0.15, -0.1) is 0 Å². The predicted octanol–water partition coefficient (Wildman–Crippen LogP) is 5.81. The number of nitrogens with two attached hydrogens (primary N) is 2. The fourth-order valence-electron chi connectivity index (χ4n) is 11.4. The molecular weight excluding hydrogens is 1230 g/mol. The number of amides is 4. The van der Waals surface area contributed by atoms with Crippen LogP contribution < -0.4 is 46.9 Å². The molecule has 4 amide bonds. The number of phenolic OH excluding ortho intramolecular Hbond substituents is 1. The number of urea groups is 2. The van der Waals surface area contributed by atoms with E-state index in [1.54, 1.807) is 30.3 Å². The Kier molecular flexibility index (Phi) is 25.9. The van der Waals surface area contributed by atoms with Gasteiger partial charge in [-0.3, -0.25) is 9.80 Å². The van der Waals surface area contributed by atoms with Crippen molar-refractivity contribution in [2.24, 2.45) is 11.5 Å². The van der Waals surface area contributed by atoms with Gasteiger partial charge in [-0.1, -0.05) is 46.4 Å². The van der Waals surface area contributed by atoms with Gasteiger partial charge in [-0.2, -0.15) is 0 Å². The van der Waals surface area contributed by atoms with Crippen LogP contribution in [-0.2, 0) is 58.3 Å². The quantitative estimate of drug-likeness (QED) is 0.0261. The lowest BCUT2D eigenvalue weighted by atomic mass is 9.90. The number of aromatic hydroxyl groups is 1. The molecule has 2 fully saturated rings. The number of sulfonamides is 2. The number of hydrogen-bond acceptors (Lipinski definition) is 16. The van der Waals surface area contributed by atoms with E-state index in [2.05, 4.69) is 40.5 Å². The van der Waals surface area contributed by atoms with E-state index in [4.69, 9.17) is 81.6 Å². The number of nitrogens with one attached hydrogen (secondary N) is 6. The molecule has 28 heteroatoms. The summed E-state index contributed by atoms with van der Waals surface area (Å²) < 4.78 is 86.6. The minimum absolute atomic E-state index is 0.00305. The van der Waals surface area contributed by atoms with Gasteiger partial charge in [0.1, 0.15) is 17.6 Å². The van der Waals surface area contributed by atoms with E-state index in [1.807, 2.05) is 12.1 Å². The Hall–Kier alpha value is -4.32. The third kappa shape index (κ3) is 19.6. The molecule has 4 aliphatic rings. The van der Waals surface area contributed by atoms with Crippen LogP contribution >= 0.6 is 46.4 Å². The summed E-state index contributed by atoms with van der Waals surface area (Å²) in [7, 11) is -7.75. The van der Waals surface area contributed by atoms with Gasteiger partial charge in [0.05, 0.1) is 68.7 Å². The van der Waals surface area contributed by atoms with Crippen molar-refractivity contribution < 1.29 is 55.2 Å². The molecule has 6 atom stereocenters. The largest absolute Gasteiger partial charge is 0.508 e. The Morgan fingerprint density at radius 3 is 1.74 bits per heavy atom. The molecule has 22 nitrogen and oxygen atoms in total. The van der Waals surface area contributed by atoms with Gasteiger partial charge < -0.3 is 61.5 Å². The number of benzene rings is 4. The number of likely N-dealkylation sites (tertiary alicyclic amines) is 2. The lowest BCUT2D eigenvalue weighted by Gasteiger charge is -2.42. The van der Waals surface area contributed by atoms with Crippen molar-refractivity contribution in [3.63, 3.8) is 0 Å². The van der Waals surface area contributed by atoms with Gasteiger partial charge in [-0.25, -0.2) is 35.9 Å². The lowest BCUT2D eigenvalue weighted by Crippen LogP contribution is -2.49. The molecule has 474 valence electrons. The topological polar surface area (TPSA) is 299 Å². The van der Waals surface area contributed by atoms with E-state index in [0.717, 1.165) is 61.0 Å². The molecule has 11 N–H and O–H groups in total. The number of fused-ring (bicyclic) bond motifs is 2. The molecule has 0 bridgehead atoms. The number of carbonyl (C=O) groups excluding carboxylic acids is 2. The summed E-state index contributed by atoms with van der Waals surface area (Å²) in [6.07, 6.45) is 6.38. The highest BCUT2D eigenvalue weighted by molar-refractivity contribution is 7.89. The molecule has 2 saturated heterocycles. The van der Waals surface area contributed by atoms with Crippen molar-refractivity contribution in [2.75, 3.05) is 112 Å². The van der Waals surface area contributed by atoms with Crippen LogP contribution in [0.15, 0.2) is 76.5 Å². The van der Waals surface area contributed by atoms with Crippen LogP contribution in [0.3, 0.4) is 0 Å². The van der Waals surface area contributed by atoms with Gasteiger partial charge in [-0.05, 0) is 148 Å². The number of ether oxygens (including phenoxy) is 5. The predicted molar refractivity (Wildman–Crippen MR) is 331 cm³/mol. The number of piperidine rings is 2. The number of hydrogen-bond donors (Lipinski definition) is 9. The van der Waals surface area contributed by atoms with Gasteiger partial charge in [0.2, 0.25) is 20.0 Å². The number of phenols is 1. The first-order valence-corrected chi connectivity index (χ1v) is 33.7. The lowest BCUT2D eigenvalue weighted by molar-refractivity contribution is 0.0516. The summed E-state index contributed by atoms with van der Waals surface area (Å²) in [5.74, 6) is 0.535. The molecule has 2 aliphatic heterocycles. The van der Waals surface area contributed by atoms with E-state index < -0.39 is 20.0 Å². The van der Waals surface area contributed by atoms with E-state index in [0.29, 0.717) is 83.1 Å². The Labute approximate surface area is 524 Å². The maximum absolute atomic E-state index is 13.4. The third-order valence-corrected chi connectivity index (χ3v) is 19.7. The monoisotopic (exact) mass is 1310 g/mol. The van der Waals surface area contributed by atoms with Gasteiger partial charge in [0, 0.05) is 108 Å². The second-order valence-electron chi connectivity index (χ2n) is 21.8. The number of halogens is 4. The van der Waals surface area contributed by atoms with Crippen molar-refractivity contribution in [3.05, 3.63) is 115 Å². The smallest absolute Gasteiger partial charge is 0.314 e. The maximum atomic E-state index is 13.4. The van der Waals surface area contributed by atoms with Crippen LogP contribution in [0.2, 0.25) is 20.1 Å². The molecule has 2 heterocycles. The number of rotatable bonds is 32. The first-order chi connectivity index (χ1) is 41.3. The fraction of sp³-hybridized carbons (Fsp3) is 0.552. The van der Waals surface area contributed by atoms with Crippen LogP contribution in [-0.4, -0.2) is 180 Å². The summed E-state index contributed by atoms with van der Waals surface area (Å²) in [4.78, 5) is 29.1. The number of nitrogens with zero attached hydrogens (tertiary/aromatic N) is 2. The number of carbonyl (C=O) groups is 2. The fourth-order valence-corrected chi connectivity index (χ4v) is 14.7. The molecular formula is C58H80Cl4N10O12S2. The summed E-state index contributed by atoms with van der Waals surface area (Å²) in [5, 5.41) is 24.3. The molecule has 0 aromatic heterocycles. The highest BCUT2D eigenvalue weighted by atomic mass is 35.5. The Morgan fingerprint density at radius 2 is 1.13 bits per heavy atom. The molecule has 86 heavy (non-hydrogen) atoms. The minimum atomic E-state index is -3.93. The highest BCUT2D eigenvalue weighted by Crippen LogP contribution is 2.45. The SMILES string of the molecule is N[C@@H]1CCCN([C@H]2Cc3c(Cl)cc(Cl)cc3[C@@H]2Oc2ccc(S(=O)(=O)NCCOCCOCCNC(=O)NCCCCNC(=O)NCCOCCOCCNS(=O)(=O)c3ccc(O)c(C4CC[C@@H](N)CN4[C@@H]4Cc5cc(Cl)cc(Cl)c5C4)c3)cc2)C1. The average molecular weight is 1320 g/mol.